The number of carbonyl (C=O) groups excluding carboxylic acids is 2. The van der Waals surface area contributed by atoms with Crippen LogP contribution in [0.15, 0.2) is 29.0 Å². The number of carbonyl (C=O) groups is 2. The molecular formula is C13H13N7O4. The summed E-state index contributed by atoms with van der Waals surface area (Å²) in [5.41, 5.74) is 11.0. The number of hydrazine groups is 1. The van der Waals surface area contributed by atoms with Crippen molar-refractivity contribution in [3.63, 3.8) is 0 Å². The van der Waals surface area contributed by atoms with Crippen LogP contribution in [-0.4, -0.2) is 38.7 Å². The van der Waals surface area contributed by atoms with E-state index in [0.29, 0.717) is 11.0 Å². The third-order valence-corrected chi connectivity index (χ3v) is 3.06. The lowest BCUT2D eigenvalue weighted by Gasteiger charge is -2.08. The van der Waals surface area contributed by atoms with Crippen LogP contribution in [0, 0.1) is 0 Å². The Morgan fingerprint density at radius 2 is 2.25 bits per heavy atom. The molecule has 0 aromatic carbocycles. The molecule has 0 fully saturated rings. The molecule has 0 aliphatic carbocycles. The summed E-state index contributed by atoms with van der Waals surface area (Å²) >= 11 is 0. The standard InChI is InChI=1S/C13H13N7O4/c1-23-9(21)6-20-11-7(5-15-20)10(16-13(14)17-11)18-19-12(22)8-3-2-4-24-8/h2-5H,6H2,1H3,(H,19,22)(H3,14,16,17,18). The molecule has 124 valence electrons. The highest BCUT2D eigenvalue weighted by atomic mass is 16.5. The summed E-state index contributed by atoms with van der Waals surface area (Å²) in [5, 5.41) is 4.51. The van der Waals surface area contributed by atoms with Crippen molar-refractivity contribution in [2.24, 2.45) is 0 Å². The number of rotatable bonds is 5. The SMILES string of the molecule is COC(=O)Cn1ncc2c(NNC(=O)c3ccco3)nc(N)nc21. The summed E-state index contributed by atoms with van der Waals surface area (Å²) < 4.78 is 10.9. The maximum Gasteiger partial charge on any atom is 0.327 e. The number of furan rings is 1. The summed E-state index contributed by atoms with van der Waals surface area (Å²) in [4.78, 5) is 31.3. The molecule has 0 radical (unpaired) electrons. The van der Waals surface area contributed by atoms with Crippen molar-refractivity contribution in [2.45, 2.75) is 6.54 Å². The Bertz CT molecular complexity index is 887. The van der Waals surface area contributed by atoms with Crippen LogP contribution in [0.4, 0.5) is 11.8 Å². The fraction of sp³-hybridized carbons (Fsp3) is 0.154. The van der Waals surface area contributed by atoms with Crippen molar-refractivity contribution in [1.82, 2.24) is 25.2 Å². The molecule has 11 heteroatoms. The minimum absolute atomic E-state index is 0.0520. The van der Waals surface area contributed by atoms with Crippen LogP contribution in [0.5, 0.6) is 0 Å². The number of nitrogens with two attached hydrogens (primary N) is 1. The maximum atomic E-state index is 11.9. The number of aromatic nitrogens is 4. The number of fused-ring (bicyclic) bond motifs is 1. The molecular weight excluding hydrogens is 318 g/mol. The molecule has 0 aliphatic rings. The summed E-state index contributed by atoms with van der Waals surface area (Å²) in [6.45, 7) is -0.130. The van der Waals surface area contributed by atoms with Gasteiger partial charge in [0.15, 0.2) is 17.2 Å². The number of nitrogens with one attached hydrogen (secondary N) is 2. The highest BCUT2D eigenvalue weighted by Crippen LogP contribution is 2.20. The van der Waals surface area contributed by atoms with Crippen LogP contribution in [-0.2, 0) is 16.1 Å². The summed E-state index contributed by atoms with van der Waals surface area (Å²) in [7, 11) is 1.27. The second kappa shape index (κ2) is 6.24. The largest absolute Gasteiger partial charge is 0.468 e. The molecule has 3 aromatic heterocycles. The van der Waals surface area contributed by atoms with Gasteiger partial charge in [-0.25, -0.2) is 4.68 Å². The first-order chi connectivity index (χ1) is 11.6. The third-order valence-electron chi connectivity index (χ3n) is 3.06. The molecule has 3 heterocycles. The van der Waals surface area contributed by atoms with Crippen molar-refractivity contribution >= 4 is 34.7 Å². The fourth-order valence-electron chi connectivity index (χ4n) is 1.96. The number of hydrogen-bond donors (Lipinski definition) is 3. The van der Waals surface area contributed by atoms with Crippen molar-refractivity contribution in [1.29, 1.82) is 0 Å². The van der Waals surface area contributed by atoms with Crippen molar-refractivity contribution in [3.05, 3.63) is 30.4 Å². The molecule has 0 aliphatic heterocycles. The average molecular weight is 331 g/mol. The Balaban J connectivity index is 1.85. The van der Waals surface area contributed by atoms with Crippen LogP contribution in [0.25, 0.3) is 11.0 Å². The minimum Gasteiger partial charge on any atom is -0.468 e. The van der Waals surface area contributed by atoms with Gasteiger partial charge >= 0.3 is 11.9 Å². The third kappa shape index (κ3) is 2.95. The van der Waals surface area contributed by atoms with Gasteiger partial charge in [-0.1, -0.05) is 0 Å². The lowest BCUT2D eigenvalue weighted by molar-refractivity contribution is -0.141. The van der Waals surface area contributed by atoms with Gasteiger partial charge in [0.2, 0.25) is 5.95 Å². The number of ether oxygens (including phenoxy) is 1. The van der Waals surface area contributed by atoms with E-state index < -0.39 is 11.9 Å². The molecule has 4 N–H and O–H groups in total. The molecule has 0 saturated heterocycles. The van der Waals surface area contributed by atoms with E-state index >= 15 is 0 Å². The predicted octanol–water partition coefficient (Wildman–Crippen LogP) is -0.0686. The molecule has 0 spiro atoms. The molecule has 11 nitrogen and oxygen atoms in total. The van der Waals surface area contributed by atoms with E-state index in [4.69, 9.17) is 10.2 Å². The molecule has 3 aromatic rings. The normalized spacial score (nSPS) is 10.5. The van der Waals surface area contributed by atoms with E-state index in [2.05, 4.69) is 30.7 Å². The second-order valence-corrected chi connectivity index (χ2v) is 4.60. The van der Waals surface area contributed by atoms with Gasteiger partial charge in [0.05, 0.1) is 25.0 Å². The van der Waals surface area contributed by atoms with Gasteiger partial charge in [-0.2, -0.15) is 15.1 Å². The quantitative estimate of drug-likeness (QED) is 0.431. The molecule has 3 rings (SSSR count). The topological polar surface area (TPSA) is 150 Å². The van der Waals surface area contributed by atoms with Crippen LogP contribution in [0.3, 0.4) is 0 Å². The number of esters is 1. The van der Waals surface area contributed by atoms with Crippen molar-refractivity contribution in [2.75, 3.05) is 18.3 Å². The number of hydrogen-bond acceptors (Lipinski definition) is 9. The van der Waals surface area contributed by atoms with Crippen LogP contribution < -0.4 is 16.6 Å². The van der Waals surface area contributed by atoms with Gasteiger partial charge in [0.1, 0.15) is 6.54 Å². The predicted molar refractivity (Wildman–Crippen MR) is 81.5 cm³/mol. The minimum atomic E-state index is -0.493. The Morgan fingerprint density at radius 1 is 1.42 bits per heavy atom. The first-order valence-electron chi connectivity index (χ1n) is 6.74. The Labute approximate surface area is 134 Å². The molecule has 0 unspecified atom stereocenters. The van der Waals surface area contributed by atoms with E-state index in [1.165, 1.54) is 30.3 Å². The zero-order chi connectivity index (χ0) is 17.1. The molecule has 0 saturated carbocycles. The van der Waals surface area contributed by atoms with E-state index in [0.717, 1.165) is 0 Å². The lowest BCUT2D eigenvalue weighted by atomic mass is 10.4. The fourth-order valence-corrected chi connectivity index (χ4v) is 1.96. The monoisotopic (exact) mass is 331 g/mol. The van der Waals surface area contributed by atoms with Crippen molar-refractivity contribution in [3.8, 4) is 0 Å². The summed E-state index contributed by atoms with van der Waals surface area (Å²) in [5.74, 6) is -0.676. The summed E-state index contributed by atoms with van der Waals surface area (Å²) in [6, 6.07) is 3.10. The number of anilines is 2. The average Bonchev–Trinajstić information content (AvgIpc) is 3.23. The van der Waals surface area contributed by atoms with Crippen molar-refractivity contribution < 1.29 is 18.7 Å². The van der Waals surface area contributed by atoms with Gasteiger partial charge in [-0.3, -0.25) is 20.4 Å². The van der Waals surface area contributed by atoms with Gasteiger partial charge in [0, 0.05) is 0 Å². The zero-order valence-corrected chi connectivity index (χ0v) is 12.5. The first kappa shape index (κ1) is 15.3. The van der Waals surface area contributed by atoms with E-state index in [-0.39, 0.29) is 24.1 Å². The zero-order valence-electron chi connectivity index (χ0n) is 12.5. The van der Waals surface area contributed by atoms with E-state index in [9.17, 15) is 9.59 Å². The Kier molecular flexibility index (Phi) is 3.97. The van der Waals surface area contributed by atoms with E-state index in [1.807, 2.05) is 0 Å². The van der Waals surface area contributed by atoms with Gasteiger partial charge in [0.25, 0.3) is 0 Å². The number of methoxy groups -OCH3 is 1. The molecule has 1 amide bonds. The van der Waals surface area contributed by atoms with E-state index in [1.54, 1.807) is 6.07 Å². The molecule has 0 atom stereocenters. The highest BCUT2D eigenvalue weighted by molar-refractivity contribution is 5.94. The number of nitrogen functional groups attached to an aromatic ring is 1. The van der Waals surface area contributed by atoms with Crippen LogP contribution in [0.2, 0.25) is 0 Å². The van der Waals surface area contributed by atoms with Crippen LogP contribution >= 0.6 is 0 Å². The smallest absolute Gasteiger partial charge is 0.327 e. The first-order valence-corrected chi connectivity index (χ1v) is 6.74. The van der Waals surface area contributed by atoms with Gasteiger partial charge in [-0.05, 0) is 12.1 Å². The molecule has 0 bridgehead atoms. The summed E-state index contributed by atoms with van der Waals surface area (Å²) in [6.07, 6.45) is 2.83. The molecule has 24 heavy (non-hydrogen) atoms. The number of nitrogens with zero attached hydrogens (tertiary/aromatic N) is 4. The Morgan fingerprint density at radius 3 is 2.96 bits per heavy atom. The second-order valence-electron chi connectivity index (χ2n) is 4.60. The van der Waals surface area contributed by atoms with Gasteiger partial charge in [-0.15, -0.1) is 0 Å². The van der Waals surface area contributed by atoms with Gasteiger partial charge < -0.3 is 14.9 Å². The number of amides is 1. The highest BCUT2D eigenvalue weighted by Gasteiger charge is 2.15. The Hall–Kier alpha value is -3.63. The lowest BCUT2D eigenvalue weighted by Crippen LogP contribution is -2.29. The maximum absolute atomic E-state index is 11.9. The van der Waals surface area contributed by atoms with Crippen LogP contribution in [0.1, 0.15) is 10.6 Å².